The lowest BCUT2D eigenvalue weighted by Gasteiger charge is -2.24. The van der Waals surface area contributed by atoms with Crippen molar-refractivity contribution in [3.63, 3.8) is 0 Å². The molecular formula is C17H22N2. The van der Waals surface area contributed by atoms with Gasteiger partial charge < -0.3 is 5.73 Å². The van der Waals surface area contributed by atoms with Crippen molar-refractivity contribution in [2.45, 2.75) is 26.1 Å². The summed E-state index contributed by atoms with van der Waals surface area (Å²) in [4.78, 5) is 2.40. The van der Waals surface area contributed by atoms with Crippen molar-refractivity contribution < 1.29 is 0 Å². The topological polar surface area (TPSA) is 29.3 Å². The Kier molecular flexibility index (Phi) is 5.13. The van der Waals surface area contributed by atoms with Gasteiger partial charge >= 0.3 is 0 Å². The fourth-order valence-corrected chi connectivity index (χ4v) is 2.28. The minimum atomic E-state index is 0.187. The zero-order valence-corrected chi connectivity index (χ0v) is 11.5. The lowest BCUT2D eigenvalue weighted by molar-refractivity contribution is 0.244. The van der Waals surface area contributed by atoms with Gasteiger partial charge in [-0.15, -0.1) is 0 Å². The number of benzene rings is 2. The van der Waals surface area contributed by atoms with Crippen LogP contribution < -0.4 is 5.73 Å². The first-order valence-corrected chi connectivity index (χ1v) is 6.80. The van der Waals surface area contributed by atoms with Gasteiger partial charge in [0.2, 0.25) is 0 Å². The fourth-order valence-electron chi connectivity index (χ4n) is 2.28. The molecule has 0 aliphatic carbocycles. The maximum Gasteiger partial charge on any atom is 0.0237 e. The average Bonchev–Trinajstić information content (AvgIpc) is 2.40. The predicted octanol–water partition coefficient (Wildman–Crippen LogP) is 3.04. The van der Waals surface area contributed by atoms with Crippen LogP contribution in [0.2, 0.25) is 0 Å². The summed E-state index contributed by atoms with van der Waals surface area (Å²) in [6.07, 6.45) is 0. The third-order valence-corrected chi connectivity index (χ3v) is 3.04. The second-order valence-corrected chi connectivity index (χ2v) is 5.12. The SMILES string of the molecule is CC(N)CN(Cc1ccccc1)Cc1ccccc1. The van der Waals surface area contributed by atoms with E-state index in [1.807, 2.05) is 0 Å². The van der Waals surface area contributed by atoms with Gasteiger partial charge in [-0.1, -0.05) is 60.7 Å². The van der Waals surface area contributed by atoms with E-state index in [-0.39, 0.29) is 6.04 Å². The highest BCUT2D eigenvalue weighted by Crippen LogP contribution is 2.10. The maximum absolute atomic E-state index is 5.96. The van der Waals surface area contributed by atoms with Crippen LogP contribution in [0.25, 0.3) is 0 Å². The summed E-state index contributed by atoms with van der Waals surface area (Å²) in [5.41, 5.74) is 8.62. The third-order valence-electron chi connectivity index (χ3n) is 3.04. The molecule has 0 aliphatic heterocycles. The van der Waals surface area contributed by atoms with Crippen LogP contribution in [0.1, 0.15) is 18.1 Å². The van der Waals surface area contributed by atoms with E-state index < -0.39 is 0 Å². The van der Waals surface area contributed by atoms with Crippen molar-refractivity contribution in [2.24, 2.45) is 5.73 Å². The van der Waals surface area contributed by atoms with Gasteiger partial charge in [0.15, 0.2) is 0 Å². The Labute approximate surface area is 115 Å². The van der Waals surface area contributed by atoms with E-state index >= 15 is 0 Å². The highest BCUT2D eigenvalue weighted by Gasteiger charge is 2.09. The van der Waals surface area contributed by atoms with Gasteiger partial charge in [-0.25, -0.2) is 0 Å². The van der Waals surface area contributed by atoms with Crippen LogP contribution in [0, 0.1) is 0 Å². The molecule has 2 aromatic carbocycles. The molecule has 1 atom stereocenters. The second kappa shape index (κ2) is 7.07. The van der Waals surface area contributed by atoms with Crippen LogP contribution in [0.4, 0.5) is 0 Å². The number of hydrogen-bond donors (Lipinski definition) is 1. The van der Waals surface area contributed by atoms with E-state index in [0.29, 0.717) is 0 Å². The highest BCUT2D eigenvalue weighted by molar-refractivity contribution is 5.17. The molecule has 1 unspecified atom stereocenters. The summed E-state index contributed by atoms with van der Waals surface area (Å²) >= 11 is 0. The summed E-state index contributed by atoms with van der Waals surface area (Å²) in [7, 11) is 0. The standard InChI is InChI=1S/C17H22N2/c1-15(18)12-19(13-16-8-4-2-5-9-16)14-17-10-6-3-7-11-17/h2-11,15H,12-14,18H2,1H3. The van der Waals surface area contributed by atoms with Crippen LogP contribution in [-0.4, -0.2) is 17.5 Å². The van der Waals surface area contributed by atoms with Crippen molar-refractivity contribution in [1.82, 2.24) is 4.90 Å². The van der Waals surface area contributed by atoms with Gasteiger partial charge in [-0.3, -0.25) is 4.90 Å². The molecule has 2 N–H and O–H groups in total. The van der Waals surface area contributed by atoms with E-state index in [4.69, 9.17) is 5.73 Å². The molecule has 2 aromatic rings. The lowest BCUT2D eigenvalue weighted by Crippen LogP contribution is -2.34. The van der Waals surface area contributed by atoms with E-state index in [1.165, 1.54) is 11.1 Å². The van der Waals surface area contributed by atoms with Crippen molar-refractivity contribution in [1.29, 1.82) is 0 Å². The number of rotatable bonds is 6. The summed E-state index contributed by atoms with van der Waals surface area (Å²) in [6, 6.07) is 21.3. The van der Waals surface area contributed by atoms with E-state index in [2.05, 4.69) is 72.5 Å². The third kappa shape index (κ3) is 4.86. The van der Waals surface area contributed by atoms with Gasteiger partial charge in [0, 0.05) is 25.7 Å². The fraction of sp³-hybridized carbons (Fsp3) is 0.294. The Morgan fingerprint density at radius 2 is 1.26 bits per heavy atom. The predicted molar refractivity (Wildman–Crippen MR) is 80.6 cm³/mol. The lowest BCUT2D eigenvalue weighted by atomic mass is 10.1. The summed E-state index contributed by atoms with van der Waals surface area (Å²) in [5.74, 6) is 0. The van der Waals surface area contributed by atoms with Gasteiger partial charge in [-0.2, -0.15) is 0 Å². The van der Waals surface area contributed by atoms with Gasteiger partial charge in [0.25, 0.3) is 0 Å². The molecule has 100 valence electrons. The van der Waals surface area contributed by atoms with E-state index in [0.717, 1.165) is 19.6 Å². The minimum Gasteiger partial charge on any atom is -0.327 e. The van der Waals surface area contributed by atoms with Gasteiger partial charge in [-0.05, 0) is 18.1 Å². The molecule has 0 aliphatic rings. The van der Waals surface area contributed by atoms with Crippen molar-refractivity contribution in [3.05, 3.63) is 71.8 Å². The molecule has 2 nitrogen and oxygen atoms in total. The highest BCUT2D eigenvalue weighted by atomic mass is 15.1. The molecule has 2 heteroatoms. The van der Waals surface area contributed by atoms with Crippen molar-refractivity contribution in [2.75, 3.05) is 6.54 Å². The second-order valence-electron chi connectivity index (χ2n) is 5.12. The minimum absolute atomic E-state index is 0.187. The Balaban J connectivity index is 2.03. The van der Waals surface area contributed by atoms with Crippen LogP contribution in [-0.2, 0) is 13.1 Å². The molecule has 0 bridgehead atoms. The first-order valence-electron chi connectivity index (χ1n) is 6.80. The summed E-state index contributed by atoms with van der Waals surface area (Å²) in [5, 5.41) is 0. The quantitative estimate of drug-likeness (QED) is 0.858. The molecule has 0 heterocycles. The molecule has 0 spiro atoms. The molecule has 0 amide bonds. The van der Waals surface area contributed by atoms with Gasteiger partial charge in [0.05, 0.1) is 0 Å². The Bertz CT molecular complexity index is 424. The Morgan fingerprint density at radius 1 is 0.842 bits per heavy atom. The first kappa shape index (κ1) is 13.8. The molecule has 19 heavy (non-hydrogen) atoms. The van der Waals surface area contributed by atoms with Crippen LogP contribution >= 0.6 is 0 Å². The first-order chi connectivity index (χ1) is 9.24. The molecular weight excluding hydrogens is 232 g/mol. The summed E-state index contributed by atoms with van der Waals surface area (Å²) in [6.45, 7) is 4.85. The zero-order valence-electron chi connectivity index (χ0n) is 11.5. The van der Waals surface area contributed by atoms with Gasteiger partial charge in [0.1, 0.15) is 0 Å². The maximum atomic E-state index is 5.96. The van der Waals surface area contributed by atoms with E-state index in [1.54, 1.807) is 0 Å². The molecule has 0 saturated carbocycles. The molecule has 0 saturated heterocycles. The molecule has 0 aromatic heterocycles. The summed E-state index contributed by atoms with van der Waals surface area (Å²) < 4.78 is 0. The normalized spacial score (nSPS) is 12.6. The Hall–Kier alpha value is -1.64. The largest absolute Gasteiger partial charge is 0.327 e. The Morgan fingerprint density at radius 3 is 1.63 bits per heavy atom. The zero-order chi connectivity index (χ0) is 13.5. The number of nitrogens with two attached hydrogens (primary N) is 1. The molecule has 0 radical (unpaired) electrons. The smallest absolute Gasteiger partial charge is 0.0237 e. The van der Waals surface area contributed by atoms with Crippen LogP contribution in [0.3, 0.4) is 0 Å². The number of nitrogens with zero attached hydrogens (tertiary/aromatic N) is 1. The monoisotopic (exact) mass is 254 g/mol. The van der Waals surface area contributed by atoms with Crippen LogP contribution in [0.15, 0.2) is 60.7 Å². The molecule has 2 rings (SSSR count). The number of hydrogen-bond acceptors (Lipinski definition) is 2. The van der Waals surface area contributed by atoms with Crippen molar-refractivity contribution >= 4 is 0 Å². The van der Waals surface area contributed by atoms with Crippen molar-refractivity contribution in [3.8, 4) is 0 Å². The van der Waals surface area contributed by atoms with E-state index in [9.17, 15) is 0 Å². The average molecular weight is 254 g/mol. The van der Waals surface area contributed by atoms with Crippen LogP contribution in [0.5, 0.6) is 0 Å². The molecule has 0 fully saturated rings.